The molecule has 17 heavy (non-hydrogen) atoms. The average molecular weight is 231 g/mol. The highest BCUT2D eigenvalue weighted by molar-refractivity contribution is 5.43. The normalized spacial score (nSPS) is 10.3. The van der Waals surface area contributed by atoms with Gasteiger partial charge in [-0.2, -0.15) is 0 Å². The Morgan fingerprint density at radius 1 is 1.35 bits per heavy atom. The molecule has 2 heteroatoms. The minimum absolute atomic E-state index is 0.735. The lowest BCUT2D eigenvalue weighted by molar-refractivity contribution is 0.279. The summed E-state index contributed by atoms with van der Waals surface area (Å²) in [6, 6.07) is 5.97. The first-order valence-corrected chi connectivity index (χ1v) is 6.04. The van der Waals surface area contributed by atoms with Gasteiger partial charge in [0.15, 0.2) is 0 Å². The maximum absolute atomic E-state index is 5.80. The molecule has 0 spiro atoms. The summed E-state index contributed by atoms with van der Waals surface area (Å²) in [6.45, 7) is 3.90. The molecule has 0 saturated heterocycles. The predicted octanol–water partition coefficient (Wildman–Crippen LogP) is 2.56. The van der Waals surface area contributed by atoms with E-state index in [2.05, 4.69) is 37.9 Å². The van der Waals surface area contributed by atoms with Crippen molar-refractivity contribution in [2.45, 2.75) is 19.8 Å². The lowest BCUT2D eigenvalue weighted by Crippen LogP contribution is -2.15. The fraction of sp³-hybridized carbons (Fsp3) is 0.467. The van der Waals surface area contributed by atoms with Gasteiger partial charge in [-0.25, -0.2) is 0 Å². The van der Waals surface area contributed by atoms with Crippen LogP contribution in [0.1, 0.15) is 24.5 Å². The molecule has 0 N–H and O–H groups in total. The quantitative estimate of drug-likeness (QED) is 0.551. The SMILES string of the molecule is C#Cc1ccc(CC)c(OCCCN(C)C)c1. The molecule has 1 aromatic carbocycles. The molecule has 0 heterocycles. The minimum atomic E-state index is 0.735. The van der Waals surface area contributed by atoms with Crippen LogP contribution >= 0.6 is 0 Å². The summed E-state index contributed by atoms with van der Waals surface area (Å²) in [4.78, 5) is 2.15. The van der Waals surface area contributed by atoms with Gasteiger partial charge in [0.2, 0.25) is 0 Å². The molecule has 0 saturated carbocycles. The van der Waals surface area contributed by atoms with E-state index < -0.39 is 0 Å². The standard InChI is InChI=1S/C15H21NO/c1-5-13-8-9-14(6-2)15(12-13)17-11-7-10-16(3)4/h1,8-9,12H,6-7,10-11H2,2-4H3. The number of terminal acetylenes is 1. The van der Waals surface area contributed by atoms with Gasteiger partial charge in [0.1, 0.15) is 5.75 Å². The largest absolute Gasteiger partial charge is 0.493 e. The fourth-order valence-corrected chi connectivity index (χ4v) is 1.63. The van der Waals surface area contributed by atoms with Crippen LogP contribution in [0, 0.1) is 12.3 Å². The van der Waals surface area contributed by atoms with Gasteiger partial charge >= 0.3 is 0 Å². The van der Waals surface area contributed by atoms with Gasteiger partial charge in [0.05, 0.1) is 6.61 Å². The highest BCUT2D eigenvalue weighted by Crippen LogP contribution is 2.21. The fourth-order valence-electron chi connectivity index (χ4n) is 1.63. The first-order chi connectivity index (χ1) is 8.17. The van der Waals surface area contributed by atoms with Crippen molar-refractivity contribution in [3.05, 3.63) is 29.3 Å². The van der Waals surface area contributed by atoms with E-state index in [1.807, 2.05) is 12.1 Å². The third kappa shape index (κ3) is 4.50. The topological polar surface area (TPSA) is 12.5 Å². The first kappa shape index (κ1) is 13.6. The molecule has 1 rings (SSSR count). The number of benzene rings is 1. The number of aryl methyl sites for hydroxylation is 1. The van der Waals surface area contributed by atoms with Crippen LogP contribution in [0.5, 0.6) is 5.75 Å². The van der Waals surface area contributed by atoms with Crippen LogP contribution in [-0.2, 0) is 6.42 Å². The minimum Gasteiger partial charge on any atom is -0.493 e. The summed E-state index contributed by atoms with van der Waals surface area (Å²) in [5, 5.41) is 0. The number of hydrogen-bond donors (Lipinski definition) is 0. The predicted molar refractivity (Wildman–Crippen MR) is 72.4 cm³/mol. The summed E-state index contributed by atoms with van der Waals surface area (Å²) < 4.78 is 5.80. The zero-order chi connectivity index (χ0) is 12.7. The lowest BCUT2D eigenvalue weighted by atomic mass is 10.1. The van der Waals surface area contributed by atoms with Crippen molar-refractivity contribution in [2.75, 3.05) is 27.2 Å². The summed E-state index contributed by atoms with van der Waals surface area (Å²) in [6.07, 6.45) is 7.38. The molecule has 1 aromatic rings. The van der Waals surface area contributed by atoms with E-state index in [-0.39, 0.29) is 0 Å². The molecular weight excluding hydrogens is 210 g/mol. The Bertz CT molecular complexity index is 390. The van der Waals surface area contributed by atoms with E-state index in [9.17, 15) is 0 Å². The van der Waals surface area contributed by atoms with Crippen molar-refractivity contribution >= 4 is 0 Å². The van der Waals surface area contributed by atoms with Crippen molar-refractivity contribution < 1.29 is 4.74 Å². The van der Waals surface area contributed by atoms with Crippen LogP contribution in [0.2, 0.25) is 0 Å². The van der Waals surface area contributed by atoms with Gasteiger partial charge < -0.3 is 9.64 Å². The highest BCUT2D eigenvalue weighted by Gasteiger charge is 2.03. The molecule has 0 aliphatic carbocycles. The molecule has 92 valence electrons. The molecule has 0 amide bonds. The Morgan fingerprint density at radius 2 is 2.12 bits per heavy atom. The van der Waals surface area contributed by atoms with Crippen LogP contribution in [0.25, 0.3) is 0 Å². The third-order valence-electron chi connectivity index (χ3n) is 2.62. The lowest BCUT2D eigenvalue weighted by Gasteiger charge is -2.13. The molecule has 0 unspecified atom stereocenters. The van der Waals surface area contributed by atoms with Crippen molar-refractivity contribution in [1.29, 1.82) is 0 Å². The Hall–Kier alpha value is -1.46. The zero-order valence-corrected chi connectivity index (χ0v) is 11.0. The molecular formula is C15H21NO. The van der Waals surface area contributed by atoms with Gasteiger partial charge in [-0.1, -0.05) is 18.9 Å². The van der Waals surface area contributed by atoms with Gasteiger partial charge in [-0.05, 0) is 44.6 Å². The number of ether oxygens (including phenoxy) is 1. The van der Waals surface area contributed by atoms with E-state index >= 15 is 0 Å². The van der Waals surface area contributed by atoms with E-state index in [0.29, 0.717) is 0 Å². The van der Waals surface area contributed by atoms with Crippen molar-refractivity contribution in [3.8, 4) is 18.1 Å². The summed E-state index contributed by atoms with van der Waals surface area (Å²) in [5.41, 5.74) is 2.10. The number of hydrogen-bond acceptors (Lipinski definition) is 2. The summed E-state index contributed by atoms with van der Waals surface area (Å²) >= 11 is 0. The summed E-state index contributed by atoms with van der Waals surface area (Å²) in [5.74, 6) is 3.57. The van der Waals surface area contributed by atoms with Crippen molar-refractivity contribution in [1.82, 2.24) is 4.90 Å². The van der Waals surface area contributed by atoms with Gasteiger partial charge in [0.25, 0.3) is 0 Å². The first-order valence-electron chi connectivity index (χ1n) is 6.04. The van der Waals surface area contributed by atoms with Crippen LogP contribution in [0.15, 0.2) is 18.2 Å². The van der Waals surface area contributed by atoms with E-state index in [1.165, 1.54) is 5.56 Å². The second kappa shape index (κ2) is 6.98. The van der Waals surface area contributed by atoms with Gasteiger partial charge in [-0.3, -0.25) is 0 Å². The molecule has 0 bridgehead atoms. The molecule has 0 aliphatic rings. The Morgan fingerprint density at radius 3 is 2.71 bits per heavy atom. The maximum atomic E-state index is 5.80. The van der Waals surface area contributed by atoms with Crippen LogP contribution in [0.3, 0.4) is 0 Å². The molecule has 2 nitrogen and oxygen atoms in total. The van der Waals surface area contributed by atoms with Crippen LogP contribution in [0.4, 0.5) is 0 Å². The number of nitrogens with zero attached hydrogens (tertiary/aromatic N) is 1. The highest BCUT2D eigenvalue weighted by atomic mass is 16.5. The van der Waals surface area contributed by atoms with Crippen molar-refractivity contribution in [2.24, 2.45) is 0 Å². The average Bonchev–Trinajstić information content (AvgIpc) is 2.34. The summed E-state index contributed by atoms with van der Waals surface area (Å²) in [7, 11) is 4.13. The van der Waals surface area contributed by atoms with E-state index in [1.54, 1.807) is 0 Å². The second-order valence-corrected chi connectivity index (χ2v) is 4.33. The smallest absolute Gasteiger partial charge is 0.123 e. The Labute approximate surface area is 105 Å². The molecule has 0 aromatic heterocycles. The van der Waals surface area contributed by atoms with Crippen LogP contribution < -0.4 is 4.74 Å². The Kier molecular flexibility index (Phi) is 5.59. The Balaban J connectivity index is 2.59. The molecule has 0 fully saturated rings. The van der Waals surface area contributed by atoms with Gasteiger partial charge in [0, 0.05) is 12.1 Å². The maximum Gasteiger partial charge on any atom is 0.123 e. The monoisotopic (exact) mass is 231 g/mol. The zero-order valence-electron chi connectivity index (χ0n) is 11.0. The molecule has 0 radical (unpaired) electrons. The molecule has 0 aliphatic heterocycles. The van der Waals surface area contributed by atoms with Gasteiger partial charge in [-0.15, -0.1) is 6.42 Å². The second-order valence-electron chi connectivity index (χ2n) is 4.33. The molecule has 0 atom stereocenters. The van der Waals surface area contributed by atoms with Crippen molar-refractivity contribution in [3.63, 3.8) is 0 Å². The number of rotatable bonds is 6. The third-order valence-corrected chi connectivity index (χ3v) is 2.62. The van der Waals surface area contributed by atoms with E-state index in [4.69, 9.17) is 11.2 Å². The van der Waals surface area contributed by atoms with Crippen LogP contribution in [-0.4, -0.2) is 32.1 Å². The van der Waals surface area contributed by atoms with E-state index in [0.717, 1.165) is 37.3 Å².